The monoisotopic (exact) mass is 338 g/mol. The average molecular weight is 338 g/mol. The van der Waals surface area contributed by atoms with E-state index < -0.39 is 0 Å². The van der Waals surface area contributed by atoms with E-state index in [-0.39, 0.29) is 11.8 Å². The highest BCUT2D eigenvalue weighted by molar-refractivity contribution is 6.01. The summed E-state index contributed by atoms with van der Waals surface area (Å²) in [5, 5.41) is 7.34. The van der Waals surface area contributed by atoms with Crippen LogP contribution in [0.5, 0.6) is 0 Å². The Balaban J connectivity index is 1.60. The maximum absolute atomic E-state index is 12.3. The van der Waals surface area contributed by atoms with Gasteiger partial charge in [0.1, 0.15) is 0 Å². The summed E-state index contributed by atoms with van der Waals surface area (Å²) in [6, 6.07) is 8.94. The van der Waals surface area contributed by atoms with Gasteiger partial charge in [0.2, 0.25) is 5.91 Å². The van der Waals surface area contributed by atoms with Crippen molar-refractivity contribution in [1.29, 1.82) is 0 Å². The lowest BCUT2D eigenvalue weighted by Crippen LogP contribution is -2.25. The second-order valence-corrected chi connectivity index (χ2v) is 6.29. The summed E-state index contributed by atoms with van der Waals surface area (Å²) in [5.41, 5.74) is 3.36. The number of hydrogen-bond acceptors (Lipinski definition) is 3. The molecule has 1 N–H and O–H groups in total. The SMILES string of the molecule is C=CC(=O)N(C)c1ccc(C(=O)NCc2cc(C3CC3)n(C)n2)cc1. The normalized spacial score (nSPS) is 13.4. The fourth-order valence-corrected chi connectivity index (χ4v) is 2.76. The summed E-state index contributed by atoms with van der Waals surface area (Å²) in [6.07, 6.45) is 3.70. The average Bonchev–Trinajstić information content (AvgIpc) is 3.41. The van der Waals surface area contributed by atoms with Crippen LogP contribution in [-0.2, 0) is 18.4 Å². The van der Waals surface area contributed by atoms with Crippen molar-refractivity contribution in [2.75, 3.05) is 11.9 Å². The minimum Gasteiger partial charge on any atom is -0.346 e. The molecule has 1 fully saturated rings. The number of nitrogens with zero attached hydrogens (tertiary/aromatic N) is 3. The Morgan fingerprint density at radius 2 is 2.04 bits per heavy atom. The van der Waals surface area contributed by atoms with Crippen LogP contribution in [-0.4, -0.2) is 28.6 Å². The van der Waals surface area contributed by atoms with Crippen LogP contribution in [0.1, 0.15) is 40.5 Å². The van der Waals surface area contributed by atoms with E-state index in [1.54, 1.807) is 31.3 Å². The molecule has 0 aliphatic heterocycles. The fourth-order valence-electron chi connectivity index (χ4n) is 2.76. The van der Waals surface area contributed by atoms with Crippen molar-refractivity contribution < 1.29 is 9.59 Å². The lowest BCUT2D eigenvalue weighted by atomic mass is 10.2. The van der Waals surface area contributed by atoms with Crippen LogP contribution in [0.3, 0.4) is 0 Å². The molecule has 25 heavy (non-hydrogen) atoms. The second-order valence-electron chi connectivity index (χ2n) is 6.29. The molecule has 0 atom stereocenters. The van der Waals surface area contributed by atoms with E-state index in [0.717, 1.165) is 5.69 Å². The maximum Gasteiger partial charge on any atom is 0.251 e. The van der Waals surface area contributed by atoms with E-state index in [1.807, 2.05) is 11.7 Å². The lowest BCUT2D eigenvalue weighted by Gasteiger charge is -2.15. The molecule has 0 unspecified atom stereocenters. The van der Waals surface area contributed by atoms with Crippen molar-refractivity contribution in [1.82, 2.24) is 15.1 Å². The molecule has 1 aromatic carbocycles. The molecular weight excluding hydrogens is 316 g/mol. The number of nitrogens with one attached hydrogen (secondary N) is 1. The van der Waals surface area contributed by atoms with Gasteiger partial charge < -0.3 is 10.2 Å². The summed E-state index contributed by atoms with van der Waals surface area (Å²) in [4.78, 5) is 25.4. The van der Waals surface area contributed by atoms with Gasteiger partial charge in [-0.25, -0.2) is 0 Å². The molecule has 1 aliphatic carbocycles. The standard InChI is InChI=1S/C19H22N4O2/c1-4-18(24)22(2)16-9-7-14(8-10-16)19(25)20-12-15-11-17(13-5-6-13)23(3)21-15/h4,7-11,13H,1,5-6,12H2,2-3H3,(H,20,25). The number of carbonyl (C=O) groups excluding carboxylic acids is 2. The Morgan fingerprint density at radius 1 is 1.36 bits per heavy atom. The van der Waals surface area contributed by atoms with Gasteiger partial charge in [-0.3, -0.25) is 14.3 Å². The zero-order valence-electron chi connectivity index (χ0n) is 14.5. The van der Waals surface area contributed by atoms with Gasteiger partial charge in [0.25, 0.3) is 5.91 Å². The van der Waals surface area contributed by atoms with Gasteiger partial charge in [-0.1, -0.05) is 6.58 Å². The first-order chi connectivity index (χ1) is 12.0. The molecule has 0 saturated heterocycles. The molecule has 0 spiro atoms. The highest BCUT2D eigenvalue weighted by atomic mass is 16.2. The van der Waals surface area contributed by atoms with Crippen molar-refractivity contribution in [3.8, 4) is 0 Å². The number of carbonyl (C=O) groups is 2. The summed E-state index contributed by atoms with van der Waals surface area (Å²) < 4.78 is 1.90. The molecule has 1 heterocycles. The molecular formula is C19H22N4O2. The number of benzene rings is 1. The third kappa shape index (κ3) is 3.79. The topological polar surface area (TPSA) is 67.2 Å². The van der Waals surface area contributed by atoms with E-state index in [1.165, 1.54) is 29.5 Å². The predicted octanol–water partition coefficient (Wildman–Crippen LogP) is 2.38. The van der Waals surface area contributed by atoms with Gasteiger partial charge in [-0.2, -0.15) is 5.10 Å². The Hall–Kier alpha value is -2.89. The van der Waals surface area contributed by atoms with Crippen LogP contribution in [0.2, 0.25) is 0 Å². The molecule has 0 bridgehead atoms. The van der Waals surface area contributed by atoms with E-state index >= 15 is 0 Å². The van der Waals surface area contributed by atoms with Gasteiger partial charge in [0.05, 0.1) is 12.2 Å². The van der Waals surface area contributed by atoms with Crippen molar-refractivity contribution in [3.63, 3.8) is 0 Å². The summed E-state index contributed by atoms with van der Waals surface area (Å²) in [7, 11) is 3.61. The number of hydrogen-bond donors (Lipinski definition) is 1. The Morgan fingerprint density at radius 3 is 2.64 bits per heavy atom. The van der Waals surface area contributed by atoms with Crippen molar-refractivity contribution in [2.24, 2.45) is 7.05 Å². The largest absolute Gasteiger partial charge is 0.346 e. The van der Waals surface area contributed by atoms with Crippen molar-refractivity contribution in [3.05, 3.63) is 59.9 Å². The van der Waals surface area contributed by atoms with Gasteiger partial charge in [0.15, 0.2) is 0 Å². The molecule has 2 aromatic rings. The molecule has 6 nitrogen and oxygen atoms in total. The first kappa shape index (κ1) is 17.0. The highest BCUT2D eigenvalue weighted by Crippen LogP contribution is 2.39. The number of amides is 2. The van der Waals surface area contributed by atoms with Crippen molar-refractivity contribution >= 4 is 17.5 Å². The lowest BCUT2D eigenvalue weighted by molar-refractivity contribution is -0.113. The first-order valence-corrected chi connectivity index (χ1v) is 8.31. The quantitative estimate of drug-likeness (QED) is 0.822. The fraction of sp³-hybridized carbons (Fsp3) is 0.316. The molecule has 2 amide bonds. The molecule has 3 rings (SSSR count). The number of likely N-dealkylation sites (N-methyl/N-ethyl adjacent to an activating group) is 1. The number of aromatic nitrogens is 2. The third-order valence-electron chi connectivity index (χ3n) is 4.41. The van der Waals surface area contributed by atoms with Crippen LogP contribution in [0, 0.1) is 0 Å². The molecule has 1 aliphatic rings. The molecule has 0 radical (unpaired) electrons. The summed E-state index contributed by atoms with van der Waals surface area (Å²) >= 11 is 0. The summed E-state index contributed by atoms with van der Waals surface area (Å²) in [6.45, 7) is 3.86. The van der Waals surface area contributed by atoms with Gasteiger partial charge >= 0.3 is 0 Å². The van der Waals surface area contributed by atoms with Crippen LogP contribution < -0.4 is 10.2 Å². The van der Waals surface area contributed by atoms with Crippen LogP contribution in [0.25, 0.3) is 0 Å². The zero-order chi connectivity index (χ0) is 18.0. The zero-order valence-corrected chi connectivity index (χ0v) is 14.5. The van der Waals surface area contributed by atoms with E-state index in [4.69, 9.17) is 0 Å². The summed E-state index contributed by atoms with van der Waals surface area (Å²) in [5.74, 6) is 0.270. The van der Waals surface area contributed by atoms with E-state index in [9.17, 15) is 9.59 Å². The predicted molar refractivity (Wildman–Crippen MR) is 96.4 cm³/mol. The van der Waals surface area contributed by atoms with Crippen LogP contribution >= 0.6 is 0 Å². The third-order valence-corrected chi connectivity index (χ3v) is 4.41. The Kier molecular flexibility index (Phi) is 4.70. The Bertz CT molecular complexity index is 803. The minimum atomic E-state index is -0.196. The minimum absolute atomic E-state index is 0.164. The van der Waals surface area contributed by atoms with E-state index in [2.05, 4.69) is 23.1 Å². The maximum atomic E-state index is 12.3. The highest BCUT2D eigenvalue weighted by Gasteiger charge is 2.27. The molecule has 1 aromatic heterocycles. The Labute approximate surface area is 147 Å². The molecule has 1 saturated carbocycles. The molecule has 6 heteroatoms. The number of anilines is 1. The van der Waals surface area contributed by atoms with E-state index in [0.29, 0.717) is 23.7 Å². The van der Waals surface area contributed by atoms with Crippen molar-refractivity contribution in [2.45, 2.75) is 25.3 Å². The smallest absolute Gasteiger partial charge is 0.251 e. The first-order valence-electron chi connectivity index (χ1n) is 8.31. The van der Waals surface area contributed by atoms with Gasteiger partial charge in [-0.05, 0) is 49.2 Å². The number of rotatable bonds is 6. The van der Waals surface area contributed by atoms with Crippen LogP contribution in [0.15, 0.2) is 43.0 Å². The van der Waals surface area contributed by atoms with Gasteiger partial charge in [0, 0.05) is 37.0 Å². The number of aryl methyl sites for hydroxylation is 1. The molecule has 130 valence electrons. The van der Waals surface area contributed by atoms with Crippen LogP contribution in [0.4, 0.5) is 5.69 Å². The second kappa shape index (κ2) is 6.93. The van der Waals surface area contributed by atoms with Gasteiger partial charge in [-0.15, -0.1) is 0 Å².